The summed E-state index contributed by atoms with van der Waals surface area (Å²) in [6.07, 6.45) is 9.54. The molecule has 0 unspecified atom stereocenters. The number of amides is 1. The monoisotopic (exact) mass is 308 g/mol. The first-order valence-corrected chi connectivity index (χ1v) is 9.28. The van der Waals surface area contributed by atoms with Crippen LogP contribution in [0.25, 0.3) is 0 Å². The van der Waals surface area contributed by atoms with Crippen molar-refractivity contribution in [1.82, 2.24) is 9.80 Å². The Kier molecular flexibility index (Phi) is 5.75. The molecule has 1 amide bonds. The van der Waals surface area contributed by atoms with Crippen molar-refractivity contribution >= 4 is 5.91 Å². The molecule has 0 aromatic heterocycles. The molecule has 4 nitrogen and oxygen atoms in total. The van der Waals surface area contributed by atoms with Gasteiger partial charge in [0.1, 0.15) is 0 Å². The molecule has 1 saturated carbocycles. The molecule has 0 bridgehead atoms. The lowest BCUT2D eigenvalue weighted by atomic mass is 10.0. The van der Waals surface area contributed by atoms with Crippen molar-refractivity contribution in [3.05, 3.63) is 0 Å². The van der Waals surface area contributed by atoms with E-state index in [4.69, 9.17) is 4.74 Å². The van der Waals surface area contributed by atoms with Crippen LogP contribution in [-0.4, -0.2) is 61.6 Å². The molecule has 0 aromatic carbocycles. The van der Waals surface area contributed by atoms with E-state index in [0.717, 1.165) is 45.0 Å². The van der Waals surface area contributed by atoms with E-state index in [1.54, 1.807) is 0 Å². The number of ether oxygens (including phenoxy) is 1. The number of rotatable bonds is 7. The summed E-state index contributed by atoms with van der Waals surface area (Å²) >= 11 is 0. The normalized spacial score (nSPS) is 29.3. The van der Waals surface area contributed by atoms with E-state index in [2.05, 4.69) is 16.8 Å². The quantitative estimate of drug-likeness (QED) is 0.724. The molecule has 4 heteroatoms. The van der Waals surface area contributed by atoms with Crippen LogP contribution in [0.15, 0.2) is 0 Å². The van der Waals surface area contributed by atoms with Crippen LogP contribution in [-0.2, 0) is 9.53 Å². The summed E-state index contributed by atoms with van der Waals surface area (Å²) in [5.74, 6) is 1.99. The predicted molar refractivity (Wildman–Crippen MR) is 87.7 cm³/mol. The average molecular weight is 308 g/mol. The van der Waals surface area contributed by atoms with Crippen LogP contribution in [0, 0.1) is 11.8 Å². The van der Waals surface area contributed by atoms with E-state index in [-0.39, 0.29) is 0 Å². The Morgan fingerprint density at radius 3 is 2.68 bits per heavy atom. The van der Waals surface area contributed by atoms with Crippen molar-refractivity contribution in [3.63, 3.8) is 0 Å². The standard InChI is InChI=1S/C18H32N2O2/c1-19(12-15-5-6-15)13-16-9-10-20(14-16)18(21)8-7-17-4-2-3-11-22-17/h15-17H,2-14H2,1H3/t16-,17-/m1/s1. The maximum absolute atomic E-state index is 12.4. The Morgan fingerprint density at radius 1 is 1.14 bits per heavy atom. The zero-order chi connectivity index (χ0) is 15.4. The molecule has 3 aliphatic rings. The Balaban J connectivity index is 1.33. The summed E-state index contributed by atoms with van der Waals surface area (Å²) in [6.45, 7) is 5.24. The van der Waals surface area contributed by atoms with Crippen LogP contribution in [0.1, 0.15) is 51.4 Å². The molecule has 1 aliphatic carbocycles. The molecular weight excluding hydrogens is 276 g/mol. The van der Waals surface area contributed by atoms with Gasteiger partial charge in [0.25, 0.3) is 0 Å². The van der Waals surface area contributed by atoms with Gasteiger partial charge in [0.15, 0.2) is 0 Å². The second-order valence-electron chi connectivity index (χ2n) is 7.69. The summed E-state index contributed by atoms with van der Waals surface area (Å²) in [7, 11) is 2.24. The summed E-state index contributed by atoms with van der Waals surface area (Å²) in [5, 5.41) is 0. The molecule has 0 spiro atoms. The minimum atomic E-state index is 0.334. The van der Waals surface area contributed by atoms with Gasteiger partial charge in [-0.3, -0.25) is 4.79 Å². The molecular formula is C18H32N2O2. The maximum atomic E-state index is 12.4. The fourth-order valence-corrected chi connectivity index (χ4v) is 3.94. The molecule has 0 N–H and O–H groups in total. The van der Waals surface area contributed by atoms with Crippen molar-refractivity contribution < 1.29 is 9.53 Å². The molecule has 0 aromatic rings. The van der Waals surface area contributed by atoms with Crippen LogP contribution in [0.5, 0.6) is 0 Å². The lowest BCUT2D eigenvalue weighted by molar-refractivity contribution is -0.131. The van der Waals surface area contributed by atoms with Gasteiger partial charge in [-0.15, -0.1) is 0 Å². The smallest absolute Gasteiger partial charge is 0.222 e. The van der Waals surface area contributed by atoms with Crippen molar-refractivity contribution in [3.8, 4) is 0 Å². The molecule has 3 rings (SSSR count). The number of hydrogen-bond acceptors (Lipinski definition) is 3. The summed E-state index contributed by atoms with van der Waals surface area (Å²) in [4.78, 5) is 16.9. The Bertz CT molecular complexity index is 364. The maximum Gasteiger partial charge on any atom is 0.222 e. The lowest BCUT2D eigenvalue weighted by Gasteiger charge is -2.24. The van der Waals surface area contributed by atoms with Gasteiger partial charge >= 0.3 is 0 Å². The first-order chi connectivity index (χ1) is 10.7. The fourth-order valence-electron chi connectivity index (χ4n) is 3.94. The number of carbonyl (C=O) groups is 1. The van der Waals surface area contributed by atoms with Crippen LogP contribution in [0.4, 0.5) is 0 Å². The van der Waals surface area contributed by atoms with Crippen LogP contribution in [0.3, 0.4) is 0 Å². The van der Waals surface area contributed by atoms with Gasteiger partial charge in [0.05, 0.1) is 6.10 Å². The molecule has 3 fully saturated rings. The van der Waals surface area contributed by atoms with Crippen molar-refractivity contribution in [2.24, 2.45) is 11.8 Å². The number of carbonyl (C=O) groups excluding carboxylic acids is 1. The average Bonchev–Trinajstić information content (AvgIpc) is 3.21. The highest BCUT2D eigenvalue weighted by molar-refractivity contribution is 5.76. The number of hydrogen-bond donors (Lipinski definition) is 0. The largest absolute Gasteiger partial charge is 0.378 e. The highest BCUT2D eigenvalue weighted by Crippen LogP contribution is 2.30. The molecule has 2 aliphatic heterocycles. The van der Waals surface area contributed by atoms with Gasteiger partial charge in [-0.2, -0.15) is 0 Å². The zero-order valence-corrected chi connectivity index (χ0v) is 14.1. The third kappa shape index (κ3) is 4.95. The number of likely N-dealkylation sites (tertiary alicyclic amines) is 1. The van der Waals surface area contributed by atoms with E-state index < -0.39 is 0 Å². The summed E-state index contributed by atoms with van der Waals surface area (Å²) in [6, 6.07) is 0. The highest BCUT2D eigenvalue weighted by atomic mass is 16.5. The third-order valence-corrected chi connectivity index (χ3v) is 5.43. The Hall–Kier alpha value is -0.610. The Morgan fingerprint density at radius 2 is 1.95 bits per heavy atom. The second-order valence-corrected chi connectivity index (χ2v) is 7.69. The fraction of sp³-hybridized carbons (Fsp3) is 0.944. The SMILES string of the molecule is CN(CC1CC1)C[C@H]1CCN(C(=O)CC[C@H]2CCCCO2)C1. The lowest BCUT2D eigenvalue weighted by Crippen LogP contribution is -2.33. The van der Waals surface area contributed by atoms with E-state index >= 15 is 0 Å². The van der Waals surface area contributed by atoms with Gasteiger partial charge in [-0.05, 0) is 63.8 Å². The molecule has 0 radical (unpaired) electrons. The van der Waals surface area contributed by atoms with Crippen LogP contribution >= 0.6 is 0 Å². The number of nitrogens with zero attached hydrogens (tertiary/aromatic N) is 2. The van der Waals surface area contributed by atoms with Crippen molar-refractivity contribution in [2.45, 2.75) is 57.5 Å². The van der Waals surface area contributed by atoms with E-state index in [0.29, 0.717) is 24.3 Å². The predicted octanol–water partition coefficient (Wildman–Crippen LogP) is 2.53. The van der Waals surface area contributed by atoms with Gasteiger partial charge in [0, 0.05) is 39.2 Å². The van der Waals surface area contributed by atoms with Gasteiger partial charge < -0.3 is 14.5 Å². The molecule has 22 heavy (non-hydrogen) atoms. The van der Waals surface area contributed by atoms with E-state index in [1.165, 1.54) is 38.6 Å². The molecule has 2 heterocycles. The first-order valence-electron chi connectivity index (χ1n) is 9.28. The molecule has 2 atom stereocenters. The van der Waals surface area contributed by atoms with Gasteiger partial charge in [-0.1, -0.05) is 0 Å². The molecule has 126 valence electrons. The minimum Gasteiger partial charge on any atom is -0.378 e. The highest BCUT2D eigenvalue weighted by Gasteiger charge is 2.29. The zero-order valence-electron chi connectivity index (χ0n) is 14.1. The molecule has 2 saturated heterocycles. The summed E-state index contributed by atoms with van der Waals surface area (Å²) in [5.41, 5.74) is 0. The van der Waals surface area contributed by atoms with Gasteiger partial charge in [-0.25, -0.2) is 0 Å². The van der Waals surface area contributed by atoms with E-state index in [9.17, 15) is 4.79 Å². The van der Waals surface area contributed by atoms with Crippen LogP contribution < -0.4 is 0 Å². The topological polar surface area (TPSA) is 32.8 Å². The van der Waals surface area contributed by atoms with Crippen LogP contribution in [0.2, 0.25) is 0 Å². The van der Waals surface area contributed by atoms with Gasteiger partial charge in [0.2, 0.25) is 5.91 Å². The minimum absolute atomic E-state index is 0.334. The summed E-state index contributed by atoms with van der Waals surface area (Å²) < 4.78 is 5.73. The Labute approximate surface area is 135 Å². The van der Waals surface area contributed by atoms with E-state index in [1.807, 2.05) is 0 Å². The second kappa shape index (κ2) is 7.78. The van der Waals surface area contributed by atoms with Crippen molar-refractivity contribution in [2.75, 3.05) is 39.8 Å². The first kappa shape index (κ1) is 16.3. The van der Waals surface area contributed by atoms with Crippen molar-refractivity contribution in [1.29, 1.82) is 0 Å². The third-order valence-electron chi connectivity index (χ3n) is 5.43.